The first-order valence-corrected chi connectivity index (χ1v) is 8.61. The van der Waals surface area contributed by atoms with Crippen LogP contribution in [0.4, 0.5) is 0 Å². The average Bonchev–Trinajstić information content (AvgIpc) is 3.27. The highest BCUT2D eigenvalue weighted by molar-refractivity contribution is 7.09. The number of thiophene rings is 1. The molecular weight excluding hydrogens is 322 g/mol. The van der Waals surface area contributed by atoms with Crippen LogP contribution in [0.2, 0.25) is 0 Å². The van der Waals surface area contributed by atoms with Gasteiger partial charge in [0.25, 0.3) is 5.91 Å². The summed E-state index contributed by atoms with van der Waals surface area (Å²) in [6.45, 7) is 2.96. The summed E-state index contributed by atoms with van der Waals surface area (Å²) >= 11 is 1.63. The number of furan rings is 1. The number of benzene rings is 1. The third-order valence-electron chi connectivity index (χ3n) is 3.65. The van der Waals surface area contributed by atoms with Crippen LogP contribution in [0, 0.1) is 6.92 Å². The molecule has 24 heavy (non-hydrogen) atoms. The second kappa shape index (κ2) is 7.84. The predicted molar refractivity (Wildman–Crippen MR) is 94.0 cm³/mol. The number of aryl methyl sites for hydroxylation is 1. The quantitative estimate of drug-likeness (QED) is 0.645. The Kier molecular flexibility index (Phi) is 5.33. The Morgan fingerprint density at radius 3 is 2.71 bits per heavy atom. The number of ether oxygens (including phenoxy) is 1. The van der Waals surface area contributed by atoms with Gasteiger partial charge in [-0.2, -0.15) is 0 Å². The van der Waals surface area contributed by atoms with Crippen LogP contribution in [0.15, 0.2) is 64.6 Å². The smallest absolute Gasteiger partial charge is 0.261 e. The van der Waals surface area contributed by atoms with Crippen LogP contribution in [0.25, 0.3) is 0 Å². The maximum absolute atomic E-state index is 12.6. The van der Waals surface area contributed by atoms with Crippen molar-refractivity contribution in [2.45, 2.75) is 20.0 Å². The van der Waals surface area contributed by atoms with Crippen molar-refractivity contribution in [3.05, 3.63) is 76.4 Å². The second-order valence-electron chi connectivity index (χ2n) is 5.46. The summed E-state index contributed by atoms with van der Waals surface area (Å²) in [6, 6.07) is 15.4. The molecule has 0 fully saturated rings. The lowest BCUT2D eigenvalue weighted by molar-refractivity contribution is -0.134. The number of nitrogens with zero attached hydrogens (tertiary/aromatic N) is 1. The highest BCUT2D eigenvalue weighted by Gasteiger charge is 2.17. The molecule has 0 unspecified atom stereocenters. The van der Waals surface area contributed by atoms with Gasteiger partial charge in [-0.15, -0.1) is 11.3 Å². The number of hydrogen-bond donors (Lipinski definition) is 0. The standard InChI is InChI=1S/C19H19NO3S/c1-15-6-2-3-9-18(15)23-14-19(21)20(12-16-7-4-10-22-16)13-17-8-5-11-24-17/h2-11H,12-14H2,1H3. The fourth-order valence-electron chi connectivity index (χ4n) is 2.36. The summed E-state index contributed by atoms with van der Waals surface area (Å²) in [6.07, 6.45) is 1.62. The summed E-state index contributed by atoms with van der Waals surface area (Å²) < 4.78 is 11.1. The van der Waals surface area contributed by atoms with E-state index in [4.69, 9.17) is 9.15 Å². The molecule has 2 aromatic heterocycles. The van der Waals surface area contributed by atoms with Crippen molar-refractivity contribution < 1.29 is 13.9 Å². The lowest BCUT2D eigenvalue weighted by Gasteiger charge is -2.21. The van der Waals surface area contributed by atoms with Gasteiger partial charge in [-0.05, 0) is 42.1 Å². The molecule has 3 aromatic rings. The number of rotatable bonds is 7. The van der Waals surface area contributed by atoms with E-state index in [1.54, 1.807) is 22.5 Å². The molecular formula is C19H19NO3S. The van der Waals surface area contributed by atoms with Crippen LogP contribution in [-0.4, -0.2) is 17.4 Å². The fraction of sp³-hybridized carbons (Fsp3) is 0.211. The second-order valence-corrected chi connectivity index (χ2v) is 6.49. The highest BCUT2D eigenvalue weighted by atomic mass is 32.1. The van der Waals surface area contributed by atoms with E-state index >= 15 is 0 Å². The lowest BCUT2D eigenvalue weighted by Crippen LogP contribution is -2.33. The van der Waals surface area contributed by atoms with E-state index in [1.807, 2.05) is 60.8 Å². The molecule has 124 valence electrons. The average molecular weight is 341 g/mol. The molecule has 0 radical (unpaired) electrons. The van der Waals surface area contributed by atoms with Crippen molar-refractivity contribution in [3.8, 4) is 5.75 Å². The first-order chi connectivity index (χ1) is 11.7. The molecule has 0 saturated carbocycles. The highest BCUT2D eigenvalue weighted by Crippen LogP contribution is 2.18. The Balaban J connectivity index is 1.67. The minimum Gasteiger partial charge on any atom is -0.484 e. The molecule has 1 amide bonds. The van der Waals surface area contributed by atoms with Crippen molar-refractivity contribution in [3.63, 3.8) is 0 Å². The van der Waals surface area contributed by atoms with Gasteiger partial charge in [0.1, 0.15) is 11.5 Å². The van der Waals surface area contributed by atoms with Crippen LogP contribution < -0.4 is 4.74 Å². The number of para-hydroxylation sites is 1. The monoisotopic (exact) mass is 341 g/mol. The van der Waals surface area contributed by atoms with E-state index < -0.39 is 0 Å². The molecule has 5 heteroatoms. The summed E-state index contributed by atoms with van der Waals surface area (Å²) in [5.74, 6) is 1.43. The van der Waals surface area contributed by atoms with Crippen molar-refractivity contribution in [2.24, 2.45) is 0 Å². The summed E-state index contributed by atoms with van der Waals surface area (Å²) in [5.41, 5.74) is 1.01. The van der Waals surface area contributed by atoms with Gasteiger partial charge in [-0.25, -0.2) is 0 Å². The van der Waals surface area contributed by atoms with E-state index in [0.717, 1.165) is 22.0 Å². The van der Waals surface area contributed by atoms with Gasteiger partial charge in [0, 0.05) is 4.88 Å². The molecule has 0 aliphatic rings. The minimum atomic E-state index is -0.0666. The van der Waals surface area contributed by atoms with Gasteiger partial charge in [0.2, 0.25) is 0 Å². The molecule has 0 aliphatic carbocycles. The van der Waals surface area contributed by atoms with Crippen molar-refractivity contribution in [1.29, 1.82) is 0 Å². The molecule has 0 bridgehead atoms. The summed E-state index contributed by atoms with van der Waals surface area (Å²) in [5, 5.41) is 2.01. The van der Waals surface area contributed by atoms with Gasteiger partial charge in [0.05, 0.1) is 19.4 Å². The summed E-state index contributed by atoms with van der Waals surface area (Å²) in [4.78, 5) is 15.5. The fourth-order valence-corrected chi connectivity index (χ4v) is 3.08. The van der Waals surface area contributed by atoms with E-state index in [0.29, 0.717) is 13.1 Å². The Morgan fingerprint density at radius 2 is 2.00 bits per heavy atom. The molecule has 0 saturated heterocycles. The Morgan fingerprint density at radius 1 is 1.12 bits per heavy atom. The van der Waals surface area contributed by atoms with Crippen molar-refractivity contribution in [1.82, 2.24) is 4.90 Å². The topological polar surface area (TPSA) is 42.7 Å². The first kappa shape index (κ1) is 16.3. The Labute approximate surface area is 145 Å². The first-order valence-electron chi connectivity index (χ1n) is 7.73. The number of carbonyl (C=O) groups is 1. The van der Waals surface area contributed by atoms with E-state index in [2.05, 4.69) is 0 Å². The molecule has 0 spiro atoms. The molecule has 0 atom stereocenters. The van der Waals surface area contributed by atoms with Crippen molar-refractivity contribution >= 4 is 17.2 Å². The van der Waals surface area contributed by atoms with Gasteiger partial charge in [-0.3, -0.25) is 4.79 Å². The molecule has 0 aliphatic heterocycles. The van der Waals surface area contributed by atoms with Crippen LogP contribution >= 0.6 is 11.3 Å². The van der Waals surface area contributed by atoms with Crippen molar-refractivity contribution in [2.75, 3.05) is 6.61 Å². The zero-order valence-corrected chi connectivity index (χ0v) is 14.3. The Hall–Kier alpha value is -2.53. The predicted octanol–water partition coefficient (Wildman–Crippen LogP) is 4.26. The Bertz CT molecular complexity index is 730. The minimum absolute atomic E-state index is 0.0109. The van der Waals surface area contributed by atoms with Crippen LogP contribution in [0.1, 0.15) is 16.2 Å². The summed E-state index contributed by atoms with van der Waals surface area (Å²) in [7, 11) is 0. The van der Waals surface area contributed by atoms with Crippen LogP contribution in [-0.2, 0) is 17.9 Å². The van der Waals surface area contributed by atoms with E-state index in [1.165, 1.54) is 0 Å². The molecule has 2 heterocycles. The third kappa shape index (κ3) is 4.26. The number of carbonyl (C=O) groups excluding carboxylic acids is 1. The largest absolute Gasteiger partial charge is 0.484 e. The van der Waals surface area contributed by atoms with Gasteiger partial charge < -0.3 is 14.1 Å². The van der Waals surface area contributed by atoms with Crippen LogP contribution in [0.3, 0.4) is 0 Å². The van der Waals surface area contributed by atoms with Gasteiger partial charge in [0.15, 0.2) is 6.61 Å². The number of amides is 1. The molecule has 4 nitrogen and oxygen atoms in total. The zero-order chi connectivity index (χ0) is 16.8. The third-order valence-corrected chi connectivity index (χ3v) is 4.51. The van der Waals surface area contributed by atoms with E-state index in [-0.39, 0.29) is 12.5 Å². The molecule has 0 N–H and O–H groups in total. The normalized spacial score (nSPS) is 10.5. The van der Waals surface area contributed by atoms with Gasteiger partial charge in [-0.1, -0.05) is 24.3 Å². The molecule has 3 rings (SSSR count). The zero-order valence-electron chi connectivity index (χ0n) is 13.5. The van der Waals surface area contributed by atoms with Crippen LogP contribution in [0.5, 0.6) is 5.75 Å². The number of hydrogen-bond acceptors (Lipinski definition) is 4. The van der Waals surface area contributed by atoms with E-state index in [9.17, 15) is 4.79 Å². The lowest BCUT2D eigenvalue weighted by atomic mass is 10.2. The SMILES string of the molecule is Cc1ccccc1OCC(=O)N(Cc1ccco1)Cc1cccs1. The molecule has 1 aromatic carbocycles. The maximum Gasteiger partial charge on any atom is 0.261 e. The maximum atomic E-state index is 12.6. The van der Waals surface area contributed by atoms with Gasteiger partial charge >= 0.3 is 0 Å².